The molecule has 0 heterocycles. The van der Waals surface area contributed by atoms with E-state index in [9.17, 15) is 4.79 Å². The van der Waals surface area contributed by atoms with Crippen LogP contribution in [0.15, 0.2) is 24.3 Å². The Morgan fingerprint density at radius 3 is 2.00 bits per heavy atom. The van der Waals surface area contributed by atoms with Gasteiger partial charge in [0.15, 0.2) is 0 Å². The number of carbonyl (C=O) groups is 1. The lowest BCUT2D eigenvalue weighted by atomic mass is 9.97. The molecular formula is C20H31NO. The third-order valence-electron chi connectivity index (χ3n) is 4.72. The van der Waals surface area contributed by atoms with E-state index >= 15 is 0 Å². The van der Waals surface area contributed by atoms with Crippen LogP contribution in [-0.2, 0) is 0 Å². The first-order valence-corrected chi connectivity index (χ1v) is 9.13. The predicted molar refractivity (Wildman–Crippen MR) is 93.2 cm³/mol. The van der Waals surface area contributed by atoms with Crippen LogP contribution in [0.5, 0.6) is 0 Å². The van der Waals surface area contributed by atoms with E-state index in [-0.39, 0.29) is 5.91 Å². The molecule has 0 spiro atoms. The van der Waals surface area contributed by atoms with Crippen LogP contribution >= 0.6 is 0 Å². The van der Waals surface area contributed by atoms with Crippen molar-refractivity contribution < 1.29 is 4.79 Å². The van der Waals surface area contributed by atoms with E-state index in [0.29, 0.717) is 6.04 Å². The largest absolute Gasteiger partial charge is 0.349 e. The lowest BCUT2D eigenvalue weighted by molar-refractivity contribution is 0.0931. The Morgan fingerprint density at radius 2 is 1.45 bits per heavy atom. The molecule has 0 unspecified atom stereocenters. The molecule has 0 aromatic heterocycles. The Labute approximate surface area is 135 Å². The highest BCUT2D eigenvalue weighted by atomic mass is 16.1. The highest BCUT2D eigenvalue weighted by Crippen LogP contribution is 2.17. The Hall–Kier alpha value is -1.31. The summed E-state index contributed by atoms with van der Waals surface area (Å²) in [4.78, 5) is 12.4. The minimum absolute atomic E-state index is 0.0980. The van der Waals surface area contributed by atoms with Crippen LogP contribution in [0.2, 0.25) is 0 Å². The first-order chi connectivity index (χ1) is 10.8. The lowest BCUT2D eigenvalue weighted by Crippen LogP contribution is -2.35. The SMILES string of the molecule is Cc1cccc(C(=O)NC2CCCCCCCCCCC2)c1. The Balaban J connectivity index is 1.87. The summed E-state index contributed by atoms with van der Waals surface area (Å²) < 4.78 is 0. The number of benzene rings is 1. The molecule has 1 aromatic rings. The van der Waals surface area contributed by atoms with Gasteiger partial charge in [-0.05, 0) is 31.9 Å². The van der Waals surface area contributed by atoms with E-state index in [1.54, 1.807) is 0 Å². The fourth-order valence-electron chi connectivity index (χ4n) is 3.36. The van der Waals surface area contributed by atoms with Gasteiger partial charge < -0.3 is 5.32 Å². The Kier molecular flexibility index (Phi) is 7.48. The van der Waals surface area contributed by atoms with Crippen LogP contribution in [0.25, 0.3) is 0 Å². The lowest BCUT2D eigenvalue weighted by Gasteiger charge is -2.19. The van der Waals surface area contributed by atoms with Crippen LogP contribution in [0.1, 0.15) is 86.6 Å². The minimum atomic E-state index is 0.0980. The molecule has 0 aliphatic heterocycles. The number of hydrogen-bond acceptors (Lipinski definition) is 1. The second-order valence-electron chi connectivity index (χ2n) is 6.80. The highest BCUT2D eigenvalue weighted by Gasteiger charge is 2.14. The summed E-state index contributed by atoms with van der Waals surface area (Å²) in [6.45, 7) is 2.03. The van der Waals surface area contributed by atoms with Crippen LogP contribution in [0, 0.1) is 6.92 Å². The maximum atomic E-state index is 12.4. The van der Waals surface area contributed by atoms with Crippen molar-refractivity contribution >= 4 is 5.91 Å². The van der Waals surface area contributed by atoms with Crippen molar-refractivity contribution in [1.82, 2.24) is 5.32 Å². The second-order valence-corrected chi connectivity index (χ2v) is 6.80. The monoisotopic (exact) mass is 301 g/mol. The van der Waals surface area contributed by atoms with Crippen molar-refractivity contribution in [3.05, 3.63) is 35.4 Å². The highest BCUT2D eigenvalue weighted by molar-refractivity contribution is 5.94. The number of rotatable bonds is 2. The van der Waals surface area contributed by atoms with Crippen LogP contribution in [0.3, 0.4) is 0 Å². The van der Waals surface area contributed by atoms with Crippen molar-refractivity contribution in [2.24, 2.45) is 0 Å². The van der Waals surface area contributed by atoms with E-state index in [4.69, 9.17) is 0 Å². The average Bonchev–Trinajstić information content (AvgIpc) is 2.50. The van der Waals surface area contributed by atoms with Crippen LogP contribution in [0.4, 0.5) is 0 Å². The molecule has 1 aliphatic carbocycles. The van der Waals surface area contributed by atoms with Crippen molar-refractivity contribution in [3.8, 4) is 0 Å². The van der Waals surface area contributed by atoms with E-state index in [0.717, 1.165) is 24.0 Å². The molecule has 0 bridgehead atoms. The summed E-state index contributed by atoms with van der Waals surface area (Å²) in [5.41, 5.74) is 1.94. The number of aryl methyl sites for hydroxylation is 1. The molecule has 2 heteroatoms. The number of nitrogens with one attached hydrogen (secondary N) is 1. The van der Waals surface area contributed by atoms with Gasteiger partial charge in [0.1, 0.15) is 0 Å². The fourth-order valence-corrected chi connectivity index (χ4v) is 3.36. The van der Waals surface area contributed by atoms with Gasteiger partial charge in [-0.3, -0.25) is 4.79 Å². The first kappa shape index (κ1) is 17.1. The second kappa shape index (κ2) is 9.66. The van der Waals surface area contributed by atoms with Gasteiger partial charge in [0.25, 0.3) is 5.91 Å². The van der Waals surface area contributed by atoms with Gasteiger partial charge in [-0.25, -0.2) is 0 Å². The van der Waals surface area contributed by atoms with Crippen LogP contribution in [-0.4, -0.2) is 11.9 Å². The molecule has 2 rings (SSSR count). The molecule has 22 heavy (non-hydrogen) atoms. The van der Waals surface area contributed by atoms with Gasteiger partial charge in [-0.15, -0.1) is 0 Å². The summed E-state index contributed by atoms with van der Waals surface area (Å²) in [5, 5.41) is 3.28. The average molecular weight is 301 g/mol. The Morgan fingerprint density at radius 1 is 0.909 bits per heavy atom. The van der Waals surface area contributed by atoms with Crippen LogP contribution < -0.4 is 5.32 Å². The van der Waals surface area contributed by atoms with Crippen molar-refractivity contribution in [3.63, 3.8) is 0 Å². The van der Waals surface area contributed by atoms with Gasteiger partial charge in [-0.1, -0.05) is 75.5 Å². The number of amides is 1. The molecule has 0 atom stereocenters. The third-order valence-corrected chi connectivity index (χ3v) is 4.72. The molecule has 1 N–H and O–H groups in total. The summed E-state index contributed by atoms with van der Waals surface area (Å²) in [7, 11) is 0. The maximum absolute atomic E-state index is 12.4. The predicted octanol–water partition coefficient (Wildman–Crippen LogP) is 5.40. The van der Waals surface area contributed by atoms with Crippen molar-refractivity contribution in [1.29, 1.82) is 0 Å². The quantitative estimate of drug-likeness (QED) is 0.778. The van der Waals surface area contributed by atoms with Crippen molar-refractivity contribution in [2.45, 2.75) is 83.6 Å². The summed E-state index contributed by atoms with van der Waals surface area (Å²) in [5.74, 6) is 0.0980. The molecular weight excluding hydrogens is 270 g/mol. The normalized spacial score (nSPS) is 19.0. The molecule has 0 radical (unpaired) electrons. The molecule has 1 saturated carbocycles. The van der Waals surface area contributed by atoms with E-state index in [1.165, 1.54) is 57.8 Å². The zero-order valence-corrected chi connectivity index (χ0v) is 14.1. The van der Waals surface area contributed by atoms with Gasteiger partial charge in [0, 0.05) is 11.6 Å². The van der Waals surface area contributed by atoms with Gasteiger partial charge in [-0.2, -0.15) is 0 Å². The zero-order chi connectivity index (χ0) is 15.6. The number of carbonyl (C=O) groups excluding carboxylic acids is 1. The van der Waals surface area contributed by atoms with Gasteiger partial charge in [0.2, 0.25) is 0 Å². The molecule has 0 saturated heterocycles. The molecule has 1 aromatic carbocycles. The zero-order valence-electron chi connectivity index (χ0n) is 14.1. The smallest absolute Gasteiger partial charge is 0.251 e. The molecule has 1 aliphatic rings. The Bertz CT molecular complexity index is 443. The van der Waals surface area contributed by atoms with E-state index < -0.39 is 0 Å². The summed E-state index contributed by atoms with van der Waals surface area (Å²) in [6, 6.07) is 8.24. The standard InChI is InChI=1S/C20H31NO/c1-17-12-11-13-18(16-17)20(22)21-19-14-9-7-5-3-2-4-6-8-10-15-19/h11-13,16,19H,2-10,14-15H2,1H3,(H,21,22). The third kappa shape index (κ3) is 6.21. The summed E-state index contributed by atoms with van der Waals surface area (Å²) >= 11 is 0. The minimum Gasteiger partial charge on any atom is -0.349 e. The number of hydrogen-bond donors (Lipinski definition) is 1. The van der Waals surface area contributed by atoms with Gasteiger partial charge in [0.05, 0.1) is 0 Å². The molecule has 2 nitrogen and oxygen atoms in total. The molecule has 1 amide bonds. The topological polar surface area (TPSA) is 29.1 Å². The van der Waals surface area contributed by atoms with Gasteiger partial charge >= 0.3 is 0 Å². The molecule has 122 valence electrons. The first-order valence-electron chi connectivity index (χ1n) is 9.13. The molecule has 1 fully saturated rings. The van der Waals surface area contributed by atoms with E-state index in [2.05, 4.69) is 5.32 Å². The fraction of sp³-hybridized carbons (Fsp3) is 0.650. The van der Waals surface area contributed by atoms with Crippen molar-refractivity contribution in [2.75, 3.05) is 0 Å². The maximum Gasteiger partial charge on any atom is 0.251 e. The summed E-state index contributed by atoms with van der Waals surface area (Å²) in [6.07, 6.45) is 14.3. The van der Waals surface area contributed by atoms with E-state index in [1.807, 2.05) is 31.2 Å².